The SMILES string of the molecule is [CH2][CH]C[C@H]1O[C@@H]2[C@@H](OC3CC[C@H](CCOC(=O)C(C)(C)C)O[C@@H]3[C@H]2OC(C)=O)[C@H]1O[Si](F)(C(C)C)C(C)C. The maximum atomic E-state index is 16.2. The standard InChI is InChI=1S/C28H47FO8Si/c1-10-11-20-23(37-38(29,16(2)3)17(4)5)25-26(35-20)24(33-18(6)30)22-21(36-25)13-12-19(34-22)14-15-32-27(31)28(7,8)9/h10,16-17,19-26H,1,11-15H2,2-9H3/t19-,20-,21?,22+,23+,24-,25+,26+/m1/s1. The molecule has 38 heavy (non-hydrogen) atoms. The summed E-state index contributed by atoms with van der Waals surface area (Å²) >= 11 is 0. The predicted octanol–water partition coefficient (Wildman–Crippen LogP) is 5.03. The van der Waals surface area contributed by atoms with Crippen molar-refractivity contribution in [3.05, 3.63) is 13.3 Å². The van der Waals surface area contributed by atoms with Crippen LogP contribution < -0.4 is 0 Å². The Morgan fingerprint density at radius 3 is 2.21 bits per heavy atom. The highest BCUT2D eigenvalue weighted by Crippen LogP contribution is 2.45. The summed E-state index contributed by atoms with van der Waals surface area (Å²) in [6, 6.07) is 0. The van der Waals surface area contributed by atoms with Crippen molar-refractivity contribution >= 4 is 20.6 Å². The van der Waals surface area contributed by atoms with Crippen LogP contribution in [-0.2, 0) is 37.7 Å². The van der Waals surface area contributed by atoms with Gasteiger partial charge in [-0.25, -0.2) is 0 Å². The minimum atomic E-state index is -3.64. The Hall–Kier alpha value is -1.07. The van der Waals surface area contributed by atoms with E-state index in [0.717, 1.165) is 0 Å². The lowest BCUT2D eigenvalue weighted by molar-refractivity contribution is -0.265. The smallest absolute Gasteiger partial charge is 0.389 e. The highest BCUT2D eigenvalue weighted by molar-refractivity contribution is 6.69. The summed E-state index contributed by atoms with van der Waals surface area (Å²) in [5.74, 6) is -0.715. The second-order valence-electron chi connectivity index (χ2n) is 12.4. The zero-order chi connectivity index (χ0) is 28.4. The van der Waals surface area contributed by atoms with Gasteiger partial charge in [0.1, 0.15) is 24.4 Å². The Kier molecular flexibility index (Phi) is 10.4. The molecule has 0 aliphatic carbocycles. The third kappa shape index (κ3) is 6.97. The van der Waals surface area contributed by atoms with Crippen molar-refractivity contribution in [1.29, 1.82) is 0 Å². The lowest BCUT2D eigenvalue weighted by Gasteiger charge is -2.48. The molecule has 0 saturated carbocycles. The maximum Gasteiger partial charge on any atom is 0.389 e. The molecule has 3 heterocycles. The number of halogens is 1. The molecule has 0 aromatic carbocycles. The van der Waals surface area contributed by atoms with Crippen molar-refractivity contribution in [2.24, 2.45) is 5.41 Å². The first kappa shape index (κ1) is 31.5. The lowest BCUT2D eigenvalue weighted by Crippen LogP contribution is -2.63. The fourth-order valence-electron chi connectivity index (χ4n) is 5.57. The van der Waals surface area contributed by atoms with Crippen LogP contribution in [0, 0.1) is 18.8 Å². The molecule has 0 aromatic heterocycles. The molecule has 0 spiro atoms. The van der Waals surface area contributed by atoms with E-state index < -0.39 is 56.7 Å². The van der Waals surface area contributed by atoms with Crippen molar-refractivity contribution in [3.8, 4) is 0 Å². The quantitative estimate of drug-likeness (QED) is 0.210. The summed E-state index contributed by atoms with van der Waals surface area (Å²) in [6.07, 6.45) is -0.159. The van der Waals surface area contributed by atoms with Gasteiger partial charge in [0.05, 0.1) is 30.3 Å². The van der Waals surface area contributed by atoms with Gasteiger partial charge in [-0.05, 0) is 53.4 Å². The monoisotopic (exact) mass is 558 g/mol. The van der Waals surface area contributed by atoms with E-state index in [1.807, 2.05) is 48.5 Å². The molecule has 218 valence electrons. The molecular weight excluding hydrogens is 511 g/mol. The van der Waals surface area contributed by atoms with E-state index in [0.29, 0.717) is 25.7 Å². The molecule has 10 heteroatoms. The van der Waals surface area contributed by atoms with Gasteiger partial charge in [0.15, 0.2) is 6.10 Å². The average Bonchev–Trinajstić information content (AvgIpc) is 3.14. The van der Waals surface area contributed by atoms with Crippen LogP contribution in [0.4, 0.5) is 4.11 Å². The largest absolute Gasteiger partial charge is 0.465 e. The van der Waals surface area contributed by atoms with E-state index in [2.05, 4.69) is 6.92 Å². The average molecular weight is 559 g/mol. The number of fused-ring (bicyclic) bond motifs is 2. The van der Waals surface area contributed by atoms with Crippen LogP contribution in [0.1, 0.15) is 81.1 Å². The second kappa shape index (κ2) is 12.6. The van der Waals surface area contributed by atoms with Crippen molar-refractivity contribution in [2.45, 2.75) is 141 Å². The second-order valence-corrected chi connectivity index (χ2v) is 16.4. The molecule has 0 amide bonds. The van der Waals surface area contributed by atoms with Gasteiger partial charge in [-0.2, -0.15) is 0 Å². The molecule has 0 aromatic rings. The number of carbonyl (C=O) groups excluding carboxylic acids is 2. The fraction of sp³-hybridized carbons (Fsp3) is 0.857. The third-order valence-electron chi connectivity index (χ3n) is 7.69. The van der Waals surface area contributed by atoms with E-state index in [9.17, 15) is 9.59 Å². The van der Waals surface area contributed by atoms with Crippen LogP contribution in [0.25, 0.3) is 0 Å². The Balaban J connectivity index is 1.79. The first-order valence-electron chi connectivity index (χ1n) is 14.0. The van der Waals surface area contributed by atoms with Crippen LogP contribution >= 0.6 is 0 Å². The van der Waals surface area contributed by atoms with Crippen LogP contribution in [0.15, 0.2) is 0 Å². The van der Waals surface area contributed by atoms with Crippen molar-refractivity contribution in [1.82, 2.24) is 0 Å². The summed E-state index contributed by atoms with van der Waals surface area (Å²) in [6.45, 7) is 18.3. The van der Waals surface area contributed by atoms with E-state index in [4.69, 9.17) is 28.1 Å². The van der Waals surface area contributed by atoms with Crippen LogP contribution in [0.5, 0.6) is 0 Å². The topological polar surface area (TPSA) is 89.5 Å². The molecule has 8 nitrogen and oxygen atoms in total. The summed E-state index contributed by atoms with van der Waals surface area (Å²) in [5.41, 5.74) is -1.08. The van der Waals surface area contributed by atoms with Crippen LogP contribution in [-0.4, -0.2) is 76.0 Å². The van der Waals surface area contributed by atoms with Gasteiger partial charge in [0.25, 0.3) is 0 Å². The molecule has 2 radical (unpaired) electrons. The van der Waals surface area contributed by atoms with Gasteiger partial charge in [-0.1, -0.05) is 27.7 Å². The van der Waals surface area contributed by atoms with E-state index in [1.165, 1.54) is 6.92 Å². The van der Waals surface area contributed by atoms with E-state index >= 15 is 4.11 Å². The summed E-state index contributed by atoms with van der Waals surface area (Å²) in [7, 11) is -3.64. The molecule has 3 saturated heterocycles. The molecule has 3 fully saturated rings. The molecule has 3 aliphatic rings. The molecular formula is C28H47FO8Si. The van der Waals surface area contributed by atoms with Gasteiger partial charge < -0.3 is 28.1 Å². The first-order chi connectivity index (χ1) is 17.7. The molecule has 0 N–H and O–H groups in total. The maximum absolute atomic E-state index is 16.2. The number of hydrogen-bond acceptors (Lipinski definition) is 8. The molecule has 3 aliphatic heterocycles. The molecule has 1 unspecified atom stereocenters. The predicted molar refractivity (Wildman–Crippen MR) is 142 cm³/mol. The van der Waals surface area contributed by atoms with Crippen LogP contribution in [0.3, 0.4) is 0 Å². The summed E-state index contributed by atoms with van der Waals surface area (Å²) < 4.78 is 53.1. The highest BCUT2D eigenvalue weighted by atomic mass is 28.4. The highest BCUT2D eigenvalue weighted by Gasteiger charge is 2.61. The summed E-state index contributed by atoms with van der Waals surface area (Å²) in [4.78, 5) is 24.3. The molecule has 8 atom stereocenters. The van der Waals surface area contributed by atoms with Crippen molar-refractivity contribution in [3.63, 3.8) is 0 Å². The number of ether oxygens (including phenoxy) is 5. The molecule has 3 rings (SSSR count). The Morgan fingerprint density at radius 2 is 1.66 bits per heavy atom. The number of rotatable bonds is 10. The van der Waals surface area contributed by atoms with Gasteiger partial charge in [0.2, 0.25) is 0 Å². The van der Waals surface area contributed by atoms with Gasteiger partial charge >= 0.3 is 20.6 Å². The van der Waals surface area contributed by atoms with Gasteiger partial charge in [-0.3, -0.25) is 13.7 Å². The minimum absolute atomic E-state index is 0.188. The van der Waals surface area contributed by atoms with Crippen molar-refractivity contribution < 1.29 is 41.8 Å². The van der Waals surface area contributed by atoms with E-state index in [1.54, 1.807) is 6.42 Å². The number of carbonyl (C=O) groups is 2. The minimum Gasteiger partial charge on any atom is -0.465 e. The van der Waals surface area contributed by atoms with Crippen LogP contribution in [0.2, 0.25) is 11.1 Å². The Labute approximate surface area is 228 Å². The third-order valence-corrected chi connectivity index (χ3v) is 11.5. The Morgan fingerprint density at radius 1 is 1.03 bits per heavy atom. The van der Waals surface area contributed by atoms with E-state index in [-0.39, 0.29) is 35.9 Å². The normalized spacial score (nSPS) is 33.7. The number of hydrogen-bond donors (Lipinski definition) is 0. The first-order valence-corrected chi connectivity index (χ1v) is 15.9. The lowest BCUT2D eigenvalue weighted by atomic mass is 9.87. The van der Waals surface area contributed by atoms with Crippen molar-refractivity contribution in [2.75, 3.05) is 6.61 Å². The zero-order valence-electron chi connectivity index (χ0n) is 24.2. The zero-order valence-corrected chi connectivity index (χ0v) is 25.2. The number of esters is 2. The van der Waals surface area contributed by atoms with Gasteiger partial charge in [-0.15, -0.1) is 0 Å². The Bertz CT molecular complexity index is 807. The van der Waals surface area contributed by atoms with Gasteiger partial charge in [0, 0.05) is 24.4 Å². The fourth-order valence-corrected chi connectivity index (χ4v) is 8.15. The molecule has 0 bridgehead atoms. The summed E-state index contributed by atoms with van der Waals surface area (Å²) in [5, 5.41) is 0.